The zero-order valence-electron chi connectivity index (χ0n) is 16.1. The van der Waals surface area contributed by atoms with Gasteiger partial charge in [0.2, 0.25) is 0 Å². The van der Waals surface area contributed by atoms with Crippen LogP contribution in [-0.4, -0.2) is 43.4 Å². The number of ether oxygens (including phenoxy) is 3. The van der Waals surface area contributed by atoms with E-state index >= 15 is 0 Å². The summed E-state index contributed by atoms with van der Waals surface area (Å²) in [5, 5.41) is 3.36. The van der Waals surface area contributed by atoms with Gasteiger partial charge in [0.15, 0.2) is 12.2 Å². The molecule has 0 spiro atoms. The van der Waals surface area contributed by atoms with Crippen LogP contribution in [0.4, 0.5) is 0 Å². The van der Waals surface area contributed by atoms with Crippen LogP contribution in [0.2, 0.25) is 5.02 Å². The Labute approximate surface area is 165 Å². The fourth-order valence-electron chi connectivity index (χ4n) is 2.73. The van der Waals surface area contributed by atoms with Crippen molar-refractivity contribution in [1.82, 2.24) is 5.32 Å². The Kier molecular flexibility index (Phi) is 8.54. The molecule has 1 heterocycles. The lowest BCUT2D eigenvalue weighted by atomic mass is 10.1. The molecule has 2 rings (SSSR count). The molecule has 150 valence electrons. The van der Waals surface area contributed by atoms with E-state index in [1.165, 1.54) is 0 Å². The topological polar surface area (TPSA) is 73.9 Å². The minimum atomic E-state index is -0.895. The van der Waals surface area contributed by atoms with Gasteiger partial charge in [-0.15, -0.1) is 0 Å². The molecule has 1 N–H and O–H groups in total. The van der Waals surface area contributed by atoms with Crippen LogP contribution in [0.25, 0.3) is 0 Å². The molecule has 1 aromatic carbocycles. The van der Waals surface area contributed by atoms with Crippen LogP contribution >= 0.6 is 11.6 Å². The summed E-state index contributed by atoms with van der Waals surface area (Å²) in [6, 6.07) is 7.26. The first kappa shape index (κ1) is 21.7. The first-order valence-corrected chi connectivity index (χ1v) is 9.71. The van der Waals surface area contributed by atoms with E-state index in [2.05, 4.69) is 5.32 Å². The van der Waals surface area contributed by atoms with Crippen molar-refractivity contribution in [3.8, 4) is 0 Å². The minimum absolute atomic E-state index is 0.0278. The number of esters is 1. The lowest BCUT2D eigenvalue weighted by Gasteiger charge is -2.23. The highest BCUT2D eigenvalue weighted by Gasteiger charge is 2.29. The molecule has 1 aliphatic heterocycles. The quantitative estimate of drug-likeness (QED) is 0.648. The number of amides is 1. The van der Waals surface area contributed by atoms with Crippen LogP contribution in [0.5, 0.6) is 0 Å². The van der Waals surface area contributed by atoms with E-state index in [4.69, 9.17) is 25.8 Å². The molecule has 0 radical (unpaired) electrons. The van der Waals surface area contributed by atoms with Crippen molar-refractivity contribution in [2.24, 2.45) is 5.92 Å². The number of nitrogens with one attached hydrogen (secondary N) is 1. The fourth-order valence-corrected chi connectivity index (χ4v) is 2.94. The summed E-state index contributed by atoms with van der Waals surface area (Å²) in [7, 11) is 0. The molecule has 0 aromatic heterocycles. The predicted octanol–water partition coefficient (Wildman–Crippen LogP) is 3.11. The van der Waals surface area contributed by atoms with E-state index in [1.807, 2.05) is 32.0 Å². The number of carbonyl (C=O) groups is 2. The number of carbonyl (C=O) groups excluding carboxylic acids is 2. The molecule has 3 atom stereocenters. The second-order valence-corrected chi connectivity index (χ2v) is 7.43. The van der Waals surface area contributed by atoms with Crippen molar-refractivity contribution in [2.45, 2.75) is 58.5 Å². The van der Waals surface area contributed by atoms with E-state index in [0.29, 0.717) is 11.6 Å². The molecule has 0 bridgehead atoms. The Hall–Kier alpha value is -1.63. The maximum absolute atomic E-state index is 12.5. The third-order valence-electron chi connectivity index (χ3n) is 4.41. The lowest BCUT2D eigenvalue weighted by Crippen LogP contribution is -2.42. The summed E-state index contributed by atoms with van der Waals surface area (Å²) >= 11 is 6.10. The highest BCUT2D eigenvalue weighted by molar-refractivity contribution is 6.31. The molecule has 1 amide bonds. The molecule has 1 aliphatic rings. The smallest absolute Gasteiger partial charge is 0.335 e. The first-order chi connectivity index (χ1) is 12.9. The highest BCUT2D eigenvalue weighted by atomic mass is 35.5. The lowest BCUT2D eigenvalue weighted by molar-refractivity contribution is -0.169. The molecule has 27 heavy (non-hydrogen) atoms. The fraction of sp³-hybridized carbons (Fsp3) is 0.600. The first-order valence-electron chi connectivity index (χ1n) is 9.33. The van der Waals surface area contributed by atoms with Crippen molar-refractivity contribution in [1.29, 1.82) is 0 Å². The Morgan fingerprint density at radius 3 is 2.67 bits per heavy atom. The summed E-state index contributed by atoms with van der Waals surface area (Å²) < 4.78 is 16.4. The van der Waals surface area contributed by atoms with Gasteiger partial charge in [0.05, 0.1) is 12.7 Å². The van der Waals surface area contributed by atoms with Crippen molar-refractivity contribution in [2.75, 3.05) is 13.2 Å². The predicted molar refractivity (Wildman–Crippen MR) is 102 cm³/mol. The van der Waals surface area contributed by atoms with E-state index in [1.54, 1.807) is 13.0 Å². The zero-order chi connectivity index (χ0) is 19.8. The van der Waals surface area contributed by atoms with Crippen LogP contribution in [-0.2, 0) is 30.3 Å². The number of hydrogen-bond acceptors (Lipinski definition) is 5. The van der Waals surface area contributed by atoms with Crippen LogP contribution in [0.15, 0.2) is 24.3 Å². The molecule has 0 aliphatic carbocycles. The van der Waals surface area contributed by atoms with E-state index in [9.17, 15) is 9.59 Å². The van der Waals surface area contributed by atoms with Gasteiger partial charge >= 0.3 is 5.97 Å². The van der Waals surface area contributed by atoms with Crippen LogP contribution in [0.1, 0.15) is 39.2 Å². The monoisotopic (exact) mass is 397 g/mol. The largest absolute Gasteiger partial charge is 0.450 e. The van der Waals surface area contributed by atoms with Crippen LogP contribution in [0.3, 0.4) is 0 Å². The molecule has 7 heteroatoms. The van der Waals surface area contributed by atoms with E-state index in [0.717, 1.165) is 25.0 Å². The average molecular weight is 398 g/mol. The maximum atomic E-state index is 12.5. The van der Waals surface area contributed by atoms with Gasteiger partial charge in [0.1, 0.15) is 0 Å². The van der Waals surface area contributed by atoms with Gasteiger partial charge in [-0.1, -0.05) is 43.6 Å². The van der Waals surface area contributed by atoms with Crippen molar-refractivity contribution in [3.63, 3.8) is 0 Å². The number of benzene rings is 1. The maximum Gasteiger partial charge on any atom is 0.335 e. The van der Waals surface area contributed by atoms with Crippen LogP contribution in [0, 0.1) is 5.92 Å². The summed E-state index contributed by atoms with van der Waals surface area (Å²) in [5.74, 6) is -1.09. The Bertz CT molecular complexity index is 631. The highest BCUT2D eigenvalue weighted by Crippen LogP contribution is 2.16. The van der Waals surface area contributed by atoms with Gasteiger partial charge in [0, 0.05) is 18.2 Å². The Balaban J connectivity index is 1.84. The number of hydrogen-bond donors (Lipinski definition) is 1. The van der Waals surface area contributed by atoms with Gasteiger partial charge < -0.3 is 19.5 Å². The third-order valence-corrected chi connectivity index (χ3v) is 4.77. The summed E-state index contributed by atoms with van der Waals surface area (Å²) in [6.45, 7) is 6.62. The molecule has 0 saturated carbocycles. The van der Waals surface area contributed by atoms with Crippen LogP contribution < -0.4 is 5.32 Å². The second-order valence-electron chi connectivity index (χ2n) is 7.02. The number of halogens is 1. The molecular formula is C20H28ClNO5. The molecule has 1 saturated heterocycles. The molecule has 6 nitrogen and oxygen atoms in total. The Morgan fingerprint density at radius 2 is 2.04 bits per heavy atom. The molecule has 1 fully saturated rings. The van der Waals surface area contributed by atoms with Gasteiger partial charge in [-0.3, -0.25) is 4.79 Å². The van der Waals surface area contributed by atoms with Gasteiger partial charge in [-0.25, -0.2) is 4.79 Å². The molecule has 1 aromatic rings. The normalized spacial score (nSPS) is 18.9. The van der Waals surface area contributed by atoms with E-state index in [-0.39, 0.29) is 24.5 Å². The van der Waals surface area contributed by atoms with Gasteiger partial charge in [-0.05, 0) is 37.3 Å². The zero-order valence-corrected chi connectivity index (χ0v) is 16.8. The van der Waals surface area contributed by atoms with Gasteiger partial charge in [-0.2, -0.15) is 0 Å². The Morgan fingerprint density at radius 1 is 1.30 bits per heavy atom. The summed E-state index contributed by atoms with van der Waals surface area (Å²) in [6.07, 6.45) is 0.315. The van der Waals surface area contributed by atoms with E-state index < -0.39 is 18.2 Å². The minimum Gasteiger partial charge on any atom is -0.450 e. The van der Waals surface area contributed by atoms with Gasteiger partial charge in [0.25, 0.3) is 5.91 Å². The molecule has 3 unspecified atom stereocenters. The average Bonchev–Trinajstić information content (AvgIpc) is 3.16. The molecular weight excluding hydrogens is 370 g/mol. The van der Waals surface area contributed by atoms with Crippen molar-refractivity contribution < 1.29 is 23.8 Å². The van der Waals surface area contributed by atoms with Crippen molar-refractivity contribution >= 4 is 23.5 Å². The third kappa shape index (κ3) is 6.79. The summed E-state index contributed by atoms with van der Waals surface area (Å²) in [4.78, 5) is 24.8. The van der Waals surface area contributed by atoms with Crippen molar-refractivity contribution in [3.05, 3.63) is 34.9 Å². The second kappa shape index (κ2) is 10.6. The standard InChI is InChI=1S/C20H28ClNO5/c1-13(2)18(19(23)22-11-15-7-4-5-9-17(15)21)27-20(24)14(3)26-12-16-8-6-10-25-16/h4-5,7,9,13-14,16,18H,6,8,10-12H2,1-3H3,(H,22,23). The number of rotatable bonds is 9. The summed E-state index contributed by atoms with van der Waals surface area (Å²) in [5.41, 5.74) is 0.801. The SMILES string of the molecule is CC(OCC1CCCO1)C(=O)OC(C(=O)NCc1ccccc1Cl)C(C)C.